The molecule has 0 unspecified atom stereocenters. The molecule has 0 amide bonds. The third kappa shape index (κ3) is 16.4. The minimum absolute atomic E-state index is 0.550. The van der Waals surface area contributed by atoms with Gasteiger partial charge in [-0.3, -0.25) is 0 Å². The van der Waals surface area contributed by atoms with Gasteiger partial charge in [0.2, 0.25) is 0 Å². The number of rotatable bonds is 3. The second-order valence-electron chi connectivity index (χ2n) is 3.69. The van der Waals surface area contributed by atoms with Gasteiger partial charge in [0.1, 0.15) is 0 Å². The van der Waals surface area contributed by atoms with E-state index in [1.54, 1.807) is 0 Å². The van der Waals surface area contributed by atoms with Crippen LogP contribution >= 0.6 is 0 Å². The van der Waals surface area contributed by atoms with Gasteiger partial charge in [0, 0.05) is 0 Å². The lowest BCUT2D eigenvalue weighted by molar-refractivity contribution is 0.0838. The molecule has 0 rings (SSSR count). The van der Waals surface area contributed by atoms with Crippen LogP contribution in [-0.4, -0.2) is 10.7 Å². The normalized spacial score (nSPS) is 11.7. The summed E-state index contributed by atoms with van der Waals surface area (Å²) in [6, 6.07) is 0. The Morgan fingerprint density at radius 3 is 1.92 bits per heavy atom. The van der Waals surface area contributed by atoms with E-state index in [4.69, 9.17) is 0 Å². The maximum absolute atomic E-state index is 9.28. The number of aliphatic hydroxyl groups is 1. The van der Waals surface area contributed by atoms with Gasteiger partial charge >= 0.3 is 0 Å². The molecule has 0 bridgehead atoms. The highest BCUT2D eigenvalue weighted by molar-refractivity contribution is 4.89. The zero-order chi connectivity index (χ0) is 10.2. The van der Waals surface area contributed by atoms with Crippen molar-refractivity contribution in [2.45, 2.75) is 53.6 Å². The highest BCUT2D eigenvalue weighted by atomic mass is 16.3. The van der Waals surface area contributed by atoms with Gasteiger partial charge in [-0.1, -0.05) is 39.8 Å². The fourth-order valence-corrected chi connectivity index (χ4v) is 0.629. The third-order valence-electron chi connectivity index (χ3n) is 1.14. The molecule has 0 aliphatic rings. The van der Waals surface area contributed by atoms with Crippen molar-refractivity contribution < 1.29 is 5.11 Å². The van der Waals surface area contributed by atoms with E-state index >= 15 is 0 Å². The summed E-state index contributed by atoms with van der Waals surface area (Å²) in [5, 5.41) is 9.28. The fourth-order valence-electron chi connectivity index (χ4n) is 0.629. The first-order valence-corrected chi connectivity index (χ1v) is 4.81. The number of hydrogen-bond donors (Lipinski definition) is 1. The predicted molar refractivity (Wildman–Crippen MR) is 56.2 cm³/mol. The van der Waals surface area contributed by atoms with Crippen LogP contribution in [0.2, 0.25) is 0 Å². The van der Waals surface area contributed by atoms with Crippen LogP contribution in [0.25, 0.3) is 0 Å². The maximum atomic E-state index is 9.28. The van der Waals surface area contributed by atoms with Crippen molar-refractivity contribution in [3.05, 3.63) is 12.2 Å². The second kappa shape index (κ2) is 7.35. The fraction of sp³-hybridized carbons (Fsp3) is 0.818. The molecule has 0 heterocycles. The van der Waals surface area contributed by atoms with Crippen molar-refractivity contribution in [1.29, 1.82) is 0 Å². The molecule has 0 atom stereocenters. The van der Waals surface area contributed by atoms with E-state index in [-0.39, 0.29) is 0 Å². The average molecular weight is 172 g/mol. The Bertz CT molecular complexity index is 107. The molecule has 0 aromatic rings. The Labute approximate surface area is 77.5 Å². The molecule has 0 saturated heterocycles. The predicted octanol–water partition coefficient (Wildman–Crippen LogP) is 3.39. The van der Waals surface area contributed by atoms with Gasteiger partial charge in [0.25, 0.3) is 0 Å². The third-order valence-corrected chi connectivity index (χ3v) is 1.14. The SMILES string of the molecule is CC.CC(C)/C=C/CC(C)(C)O. The highest BCUT2D eigenvalue weighted by Crippen LogP contribution is 2.08. The van der Waals surface area contributed by atoms with Gasteiger partial charge in [0.15, 0.2) is 0 Å². The molecule has 0 spiro atoms. The molecule has 0 aliphatic carbocycles. The highest BCUT2D eigenvalue weighted by Gasteiger charge is 2.08. The zero-order valence-electron chi connectivity index (χ0n) is 9.39. The Hall–Kier alpha value is -0.300. The van der Waals surface area contributed by atoms with Crippen molar-refractivity contribution in [2.75, 3.05) is 0 Å². The van der Waals surface area contributed by atoms with Crippen LogP contribution in [-0.2, 0) is 0 Å². The van der Waals surface area contributed by atoms with Crippen molar-refractivity contribution in [1.82, 2.24) is 0 Å². The van der Waals surface area contributed by atoms with Crippen LogP contribution < -0.4 is 0 Å². The first-order valence-electron chi connectivity index (χ1n) is 4.81. The molecule has 0 fully saturated rings. The van der Waals surface area contributed by atoms with Crippen LogP contribution in [0.4, 0.5) is 0 Å². The smallest absolute Gasteiger partial charge is 0.0626 e. The monoisotopic (exact) mass is 172 g/mol. The first-order chi connectivity index (χ1) is 5.42. The Morgan fingerprint density at radius 1 is 1.25 bits per heavy atom. The van der Waals surface area contributed by atoms with E-state index in [2.05, 4.69) is 19.9 Å². The number of allylic oxidation sites excluding steroid dienone is 1. The first kappa shape index (κ1) is 14.2. The number of hydrogen-bond acceptors (Lipinski definition) is 1. The summed E-state index contributed by atoms with van der Waals surface area (Å²) in [6.45, 7) is 11.9. The molecule has 0 saturated carbocycles. The van der Waals surface area contributed by atoms with E-state index in [0.717, 1.165) is 6.42 Å². The molecule has 0 aromatic heterocycles. The van der Waals surface area contributed by atoms with Crippen molar-refractivity contribution in [2.24, 2.45) is 5.92 Å². The van der Waals surface area contributed by atoms with Gasteiger partial charge < -0.3 is 5.11 Å². The summed E-state index contributed by atoms with van der Waals surface area (Å²) in [6.07, 6.45) is 4.88. The topological polar surface area (TPSA) is 20.2 Å². The van der Waals surface area contributed by atoms with Crippen LogP contribution in [0.5, 0.6) is 0 Å². The lowest BCUT2D eigenvalue weighted by Gasteiger charge is -2.13. The van der Waals surface area contributed by atoms with Crippen molar-refractivity contribution >= 4 is 0 Å². The minimum Gasteiger partial charge on any atom is -0.390 e. The van der Waals surface area contributed by atoms with E-state index < -0.39 is 5.60 Å². The van der Waals surface area contributed by atoms with Crippen LogP contribution in [0.1, 0.15) is 48.0 Å². The molecular formula is C11H24O. The maximum Gasteiger partial charge on any atom is 0.0626 e. The van der Waals surface area contributed by atoms with E-state index in [9.17, 15) is 5.11 Å². The summed E-state index contributed by atoms with van der Waals surface area (Å²) in [4.78, 5) is 0. The molecule has 1 nitrogen and oxygen atoms in total. The summed E-state index contributed by atoms with van der Waals surface area (Å²) >= 11 is 0. The van der Waals surface area contributed by atoms with Crippen LogP contribution in [0.3, 0.4) is 0 Å². The lowest BCUT2D eigenvalue weighted by atomic mass is 10.0. The van der Waals surface area contributed by atoms with Crippen LogP contribution in [0, 0.1) is 5.92 Å². The quantitative estimate of drug-likeness (QED) is 0.647. The molecule has 74 valence electrons. The minimum atomic E-state index is -0.550. The molecule has 12 heavy (non-hydrogen) atoms. The van der Waals surface area contributed by atoms with Gasteiger partial charge in [-0.2, -0.15) is 0 Å². The van der Waals surface area contributed by atoms with Crippen molar-refractivity contribution in [3.8, 4) is 0 Å². The van der Waals surface area contributed by atoms with Gasteiger partial charge in [-0.25, -0.2) is 0 Å². The van der Waals surface area contributed by atoms with Gasteiger partial charge in [0.05, 0.1) is 5.60 Å². The van der Waals surface area contributed by atoms with Gasteiger partial charge in [-0.15, -0.1) is 0 Å². The molecule has 0 aliphatic heterocycles. The Kier molecular flexibility index (Phi) is 8.73. The zero-order valence-corrected chi connectivity index (χ0v) is 9.39. The lowest BCUT2D eigenvalue weighted by Crippen LogP contribution is -2.16. The largest absolute Gasteiger partial charge is 0.390 e. The van der Waals surface area contributed by atoms with Crippen molar-refractivity contribution in [3.63, 3.8) is 0 Å². The molecular weight excluding hydrogens is 148 g/mol. The summed E-state index contributed by atoms with van der Waals surface area (Å²) in [5.74, 6) is 0.586. The standard InChI is InChI=1S/C9H18O.C2H6/c1-8(2)6-5-7-9(3,4)10;1-2/h5-6,8,10H,7H2,1-4H3;1-2H3/b6-5+;. The van der Waals surface area contributed by atoms with E-state index in [0.29, 0.717) is 5.92 Å². The van der Waals surface area contributed by atoms with Gasteiger partial charge in [-0.05, 0) is 26.2 Å². The Balaban J connectivity index is 0. The van der Waals surface area contributed by atoms with E-state index in [1.807, 2.05) is 33.8 Å². The second-order valence-corrected chi connectivity index (χ2v) is 3.69. The molecule has 1 heteroatoms. The molecule has 0 radical (unpaired) electrons. The molecule has 1 N–H and O–H groups in total. The molecule has 0 aromatic carbocycles. The Morgan fingerprint density at radius 2 is 1.67 bits per heavy atom. The van der Waals surface area contributed by atoms with Crippen LogP contribution in [0.15, 0.2) is 12.2 Å². The van der Waals surface area contributed by atoms with E-state index in [1.165, 1.54) is 0 Å². The average Bonchev–Trinajstić information content (AvgIpc) is 1.88. The summed E-state index contributed by atoms with van der Waals surface area (Å²) < 4.78 is 0. The summed E-state index contributed by atoms with van der Waals surface area (Å²) in [7, 11) is 0. The summed E-state index contributed by atoms with van der Waals surface area (Å²) in [5.41, 5.74) is -0.550.